The summed E-state index contributed by atoms with van der Waals surface area (Å²) in [5.41, 5.74) is 0. The van der Waals surface area contributed by atoms with E-state index in [1.807, 2.05) is 0 Å². The second kappa shape index (κ2) is 6.89. The zero-order valence-corrected chi connectivity index (χ0v) is 11.5. The van der Waals surface area contributed by atoms with Gasteiger partial charge < -0.3 is 14.5 Å². The van der Waals surface area contributed by atoms with Crippen LogP contribution in [-0.2, 0) is 21.3 Å². The van der Waals surface area contributed by atoms with E-state index in [-0.39, 0.29) is 11.1 Å². The SMILES string of the molecule is CCCC(COC)NCc1ccc(S(N)(=O)=O)o1. The van der Waals surface area contributed by atoms with E-state index >= 15 is 0 Å². The van der Waals surface area contributed by atoms with E-state index < -0.39 is 10.0 Å². The van der Waals surface area contributed by atoms with Crippen LogP contribution < -0.4 is 10.5 Å². The zero-order valence-electron chi connectivity index (χ0n) is 10.7. The maximum atomic E-state index is 11.0. The first-order valence-corrected chi connectivity index (χ1v) is 7.35. The Kier molecular flexibility index (Phi) is 5.80. The molecule has 0 aromatic carbocycles. The van der Waals surface area contributed by atoms with Gasteiger partial charge in [-0.15, -0.1) is 0 Å². The summed E-state index contributed by atoms with van der Waals surface area (Å²) in [5.74, 6) is 0.538. The topological polar surface area (TPSA) is 94.6 Å². The third kappa shape index (κ3) is 4.77. The van der Waals surface area contributed by atoms with Crippen molar-refractivity contribution in [1.29, 1.82) is 0 Å². The van der Waals surface area contributed by atoms with Crippen LogP contribution in [0.5, 0.6) is 0 Å². The molecule has 0 radical (unpaired) electrons. The highest BCUT2D eigenvalue weighted by Gasteiger charge is 2.14. The Bertz CT molecular complexity index is 449. The van der Waals surface area contributed by atoms with Gasteiger partial charge in [-0.3, -0.25) is 0 Å². The van der Waals surface area contributed by atoms with Crippen LogP contribution in [0.2, 0.25) is 0 Å². The van der Waals surface area contributed by atoms with E-state index in [4.69, 9.17) is 14.3 Å². The second-order valence-electron chi connectivity index (χ2n) is 4.09. The molecule has 0 amide bonds. The van der Waals surface area contributed by atoms with Gasteiger partial charge in [0.25, 0.3) is 10.0 Å². The fraction of sp³-hybridized carbons (Fsp3) is 0.636. The Morgan fingerprint density at radius 3 is 2.72 bits per heavy atom. The number of nitrogens with one attached hydrogen (secondary N) is 1. The highest BCUT2D eigenvalue weighted by molar-refractivity contribution is 7.89. The van der Waals surface area contributed by atoms with Gasteiger partial charge in [-0.2, -0.15) is 0 Å². The molecule has 1 heterocycles. The second-order valence-corrected chi connectivity index (χ2v) is 5.58. The summed E-state index contributed by atoms with van der Waals surface area (Å²) in [7, 11) is -2.11. The van der Waals surface area contributed by atoms with Gasteiger partial charge >= 0.3 is 0 Å². The van der Waals surface area contributed by atoms with Gasteiger partial charge in [0.2, 0.25) is 5.09 Å². The van der Waals surface area contributed by atoms with Crippen LogP contribution in [0, 0.1) is 0 Å². The molecule has 6 nitrogen and oxygen atoms in total. The van der Waals surface area contributed by atoms with Crippen LogP contribution in [0.25, 0.3) is 0 Å². The summed E-state index contributed by atoms with van der Waals surface area (Å²) < 4.78 is 32.3. The highest BCUT2D eigenvalue weighted by Crippen LogP contribution is 2.12. The van der Waals surface area contributed by atoms with Gasteiger partial charge in [-0.1, -0.05) is 13.3 Å². The molecule has 0 fully saturated rings. The average Bonchev–Trinajstić information content (AvgIpc) is 2.75. The summed E-state index contributed by atoms with van der Waals surface area (Å²) in [6.45, 7) is 3.15. The highest BCUT2D eigenvalue weighted by atomic mass is 32.2. The molecule has 1 aromatic rings. The molecule has 18 heavy (non-hydrogen) atoms. The van der Waals surface area contributed by atoms with E-state index in [0.29, 0.717) is 18.9 Å². The van der Waals surface area contributed by atoms with Crippen LogP contribution in [0.15, 0.2) is 21.6 Å². The fourth-order valence-electron chi connectivity index (χ4n) is 1.65. The molecule has 0 saturated carbocycles. The fourth-order valence-corrected chi connectivity index (χ4v) is 2.13. The Labute approximate surface area is 108 Å². The van der Waals surface area contributed by atoms with E-state index in [1.165, 1.54) is 6.07 Å². The molecular weight excluding hydrogens is 256 g/mol. The van der Waals surface area contributed by atoms with Crippen molar-refractivity contribution in [3.63, 3.8) is 0 Å². The normalized spacial score (nSPS) is 13.7. The lowest BCUT2D eigenvalue weighted by molar-refractivity contribution is 0.160. The smallest absolute Gasteiger partial charge is 0.271 e. The summed E-state index contributed by atoms with van der Waals surface area (Å²) in [4.78, 5) is 0. The number of nitrogens with two attached hydrogens (primary N) is 1. The van der Waals surface area contributed by atoms with Crippen molar-refractivity contribution in [2.75, 3.05) is 13.7 Å². The third-order valence-corrected chi connectivity index (χ3v) is 3.27. The Balaban J connectivity index is 2.54. The molecule has 1 rings (SSSR count). The van der Waals surface area contributed by atoms with Crippen molar-refractivity contribution in [2.45, 2.75) is 37.4 Å². The van der Waals surface area contributed by atoms with Crippen molar-refractivity contribution in [1.82, 2.24) is 5.32 Å². The first-order chi connectivity index (χ1) is 8.47. The van der Waals surface area contributed by atoms with E-state index in [1.54, 1.807) is 13.2 Å². The summed E-state index contributed by atoms with van der Waals surface area (Å²) in [6, 6.07) is 3.18. The number of ether oxygens (including phenoxy) is 1. The number of furan rings is 1. The zero-order chi connectivity index (χ0) is 13.6. The first kappa shape index (κ1) is 15.2. The largest absolute Gasteiger partial charge is 0.447 e. The lowest BCUT2D eigenvalue weighted by atomic mass is 10.2. The molecule has 0 bridgehead atoms. The summed E-state index contributed by atoms with van der Waals surface area (Å²) in [5, 5.41) is 8.00. The van der Waals surface area contributed by atoms with E-state index in [9.17, 15) is 8.42 Å². The predicted octanol–water partition coefficient (Wildman–Crippen LogP) is 0.832. The molecule has 1 aromatic heterocycles. The van der Waals surface area contributed by atoms with Crippen molar-refractivity contribution in [3.8, 4) is 0 Å². The van der Waals surface area contributed by atoms with E-state index in [2.05, 4.69) is 12.2 Å². The van der Waals surface area contributed by atoms with Crippen LogP contribution in [-0.4, -0.2) is 28.2 Å². The Morgan fingerprint density at radius 2 is 2.22 bits per heavy atom. The molecule has 0 aliphatic heterocycles. The molecule has 0 saturated heterocycles. The standard InChI is InChI=1S/C11H20N2O4S/c1-3-4-9(8-16-2)13-7-10-5-6-11(17-10)18(12,14)15/h5-6,9,13H,3-4,7-8H2,1-2H3,(H2,12,14,15). The predicted molar refractivity (Wildman–Crippen MR) is 67.5 cm³/mol. The van der Waals surface area contributed by atoms with Crippen molar-refractivity contribution in [3.05, 3.63) is 17.9 Å². The Hall–Kier alpha value is -0.890. The van der Waals surface area contributed by atoms with Gasteiger partial charge in [-0.25, -0.2) is 13.6 Å². The number of hydrogen-bond acceptors (Lipinski definition) is 5. The lowest BCUT2D eigenvalue weighted by Gasteiger charge is -2.16. The van der Waals surface area contributed by atoms with Crippen LogP contribution in [0.4, 0.5) is 0 Å². The van der Waals surface area contributed by atoms with Crippen LogP contribution in [0.1, 0.15) is 25.5 Å². The molecule has 7 heteroatoms. The van der Waals surface area contributed by atoms with E-state index in [0.717, 1.165) is 12.8 Å². The molecule has 104 valence electrons. The quantitative estimate of drug-likeness (QED) is 0.733. The van der Waals surface area contributed by atoms with Gasteiger partial charge in [0, 0.05) is 13.2 Å². The van der Waals surface area contributed by atoms with Gasteiger partial charge in [0.15, 0.2) is 0 Å². The molecule has 0 aliphatic rings. The number of sulfonamides is 1. The Morgan fingerprint density at radius 1 is 1.50 bits per heavy atom. The maximum absolute atomic E-state index is 11.0. The van der Waals surface area contributed by atoms with Crippen molar-refractivity contribution < 1.29 is 17.6 Å². The number of rotatable bonds is 8. The third-order valence-electron chi connectivity index (χ3n) is 2.49. The molecule has 0 aliphatic carbocycles. The molecular formula is C11H20N2O4S. The number of methoxy groups -OCH3 is 1. The van der Waals surface area contributed by atoms with Crippen molar-refractivity contribution >= 4 is 10.0 Å². The van der Waals surface area contributed by atoms with Gasteiger partial charge in [0.05, 0.1) is 13.2 Å². The van der Waals surface area contributed by atoms with Crippen LogP contribution in [0.3, 0.4) is 0 Å². The summed E-state index contributed by atoms with van der Waals surface area (Å²) >= 11 is 0. The van der Waals surface area contributed by atoms with Gasteiger partial charge in [0.1, 0.15) is 5.76 Å². The maximum Gasteiger partial charge on any atom is 0.271 e. The minimum atomic E-state index is -3.76. The molecule has 0 spiro atoms. The minimum absolute atomic E-state index is 0.210. The number of hydrogen-bond donors (Lipinski definition) is 2. The average molecular weight is 276 g/mol. The number of primary sulfonamides is 1. The van der Waals surface area contributed by atoms with Crippen molar-refractivity contribution in [2.24, 2.45) is 5.14 Å². The lowest BCUT2D eigenvalue weighted by Crippen LogP contribution is -2.32. The van der Waals surface area contributed by atoms with Crippen LogP contribution >= 0.6 is 0 Å². The van der Waals surface area contributed by atoms with Gasteiger partial charge in [-0.05, 0) is 18.6 Å². The molecule has 1 unspecified atom stereocenters. The minimum Gasteiger partial charge on any atom is -0.447 e. The first-order valence-electron chi connectivity index (χ1n) is 5.81. The monoisotopic (exact) mass is 276 g/mol. The summed E-state index contributed by atoms with van der Waals surface area (Å²) in [6.07, 6.45) is 2.03. The molecule has 1 atom stereocenters. The molecule has 3 N–H and O–H groups in total.